The number of hydrogen-bond acceptors (Lipinski definition) is 1. The van der Waals surface area contributed by atoms with Gasteiger partial charge in [-0.2, -0.15) is 0 Å². The smallest absolute Gasteiger partial charge is 0.217 e. The summed E-state index contributed by atoms with van der Waals surface area (Å²) in [6.07, 6.45) is 7.01. The fourth-order valence-corrected chi connectivity index (χ4v) is 1.99. The van der Waals surface area contributed by atoms with Crippen LogP contribution >= 0.6 is 0 Å². The Kier molecular flexibility index (Phi) is 3.12. The summed E-state index contributed by atoms with van der Waals surface area (Å²) in [5.41, 5.74) is 1.42. The van der Waals surface area contributed by atoms with Gasteiger partial charge in [-0.3, -0.25) is 4.79 Å². The van der Waals surface area contributed by atoms with Gasteiger partial charge >= 0.3 is 0 Å². The summed E-state index contributed by atoms with van der Waals surface area (Å²) >= 11 is 0. The molecule has 1 rings (SSSR count). The molecule has 1 aliphatic carbocycles. The van der Waals surface area contributed by atoms with E-state index in [1.54, 1.807) is 6.92 Å². The number of rotatable bonds is 3. The molecule has 0 radical (unpaired) electrons. The van der Waals surface area contributed by atoms with Crippen molar-refractivity contribution in [2.24, 2.45) is 0 Å². The molecule has 0 aromatic heterocycles. The minimum atomic E-state index is -0.0813. The van der Waals surface area contributed by atoms with Crippen molar-refractivity contribution in [1.82, 2.24) is 5.32 Å². The summed E-state index contributed by atoms with van der Waals surface area (Å²) in [7, 11) is 0. The fraction of sp³-hybridized carbons (Fsp3) is 0.727. The normalized spacial score (nSPS) is 17.0. The van der Waals surface area contributed by atoms with E-state index in [-0.39, 0.29) is 11.4 Å². The van der Waals surface area contributed by atoms with Crippen molar-refractivity contribution in [2.75, 3.05) is 0 Å². The summed E-state index contributed by atoms with van der Waals surface area (Å²) in [5.74, 6) is 0.0589. The molecule has 0 heterocycles. The maximum Gasteiger partial charge on any atom is 0.217 e. The summed E-state index contributed by atoms with van der Waals surface area (Å²) in [6.45, 7) is 5.73. The van der Waals surface area contributed by atoms with Crippen LogP contribution in [0.1, 0.15) is 46.5 Å². The lowest BCUT2D eigenvalue weighted by Crippen LogP contribution is -2.42. The Morgan fingerprint density at radius 1 is 1.62 bits per heavy atom. The van der Waals surface area contributed by atoms with E-state index in [1.165, 1.54) is 24.8 Å². The topological polar surface area (TPSA) is 29.1 Å². The zero-order valence-corrected chi connectivity index (χ0v) is 8.81. The van der Waals surface area contributed by atoms with Crippen LogP contribution in [-0.4, -0.2) is 11.4 Å². The quantitative estimate of drug-likeness (QED) is 0.665. The summed E-state index contributed by atoms with van der Waals surface area (Å²) in [5, 5.41) is 2.97. The number of amides is 1. The van der Waals surface area contributed by atoms with Gasteiger partial charge in [-0.05, 0) is 39.5 Å². The van der Waals surface area contributed by atoms with Crippen LogP contribution in [0.2, 0.25) is 0 Å². The van der Waals surface area contributed by atoms with E-state index in [1.807, 2.05) is 0 Å². The predicted octanol–water partition coefficient (Wildman–Crippen LogP) is 2.40. The van der Waals surface area contributed by atoms with Gasteiger partial charge < -0.3 is 5.32 Å². The molecule has 0 aromatic carbocycles. The molecule has 0 bridgehead atoms. The molecular formula is C11H19NO. The Hall–Kier alpha value is -0.790. The van der Waals surface area contributed by atoms with Gasteiger partial charge in [-0.15, -0.1) is 0 Å². The SMILES string of the molecule is CC(=O)NC(C)(C)CC1=CCCC1. The Morgan fingerprint density at radius 3 is 2.77 bits per heavy atom. The third kappa shape index (κ3) is 3.62. The Balaban J connectivity index is 2.45. The predicted molar refractivity (Wildman–Crippen MR) is 54.4 cm³/mol. The average Bonchev–Trinajstić information content (AvgIpc) is 2.34. The lowest BCUT2D eigenvalue weighted by molar-refractivity contribution is -0.120. The highest BCUT2D eigenvalue weighted by molar-refractivity contribution is 5.73. The van der Waals surface area contributed by atoms with Crippen molar-refractivity contribution in [3.05, 3.63) is 11.6 Å². The van der Waals surface area contributed by atoms with Crippen LogP contribution in [0.3, 0.4) is 0 Å². The van der Waals surface area contributed by atoms with Crippen molar-refractivity contribution < 1.29 is 4.79 Å². The number of carbonyl (C=O) groups excluding carboxylic acids is 1. The molecule has 0 aromatic rings. The van der Waals surface area contributed by atoms with Gasteiger partial charge in [-0.1, -0.05) is 11.6 Å². The molecule has 0 saturated carbocycles. The van der Waals surface area contributed by atoms with Crippen LogP contribution in [0.15, 0.2) is 11.6 Å². The van der Waals surface area contributed by atoms with Gasteiger partial charge in [0.1, 0.15) is 0 Å². The zero-order chi connectivity index (χ0) is 9.90. The molecule has 0 aliphatic heterocycles. The minimum Gasteiger partial charge on any atom is -0.351 e. The first kappa shape index (κ1) is 10.3. The first-order valence-electron chi connectivity index (χ1n) is 4.96. The van der Waals surface area contributed by atoms with Crippen LogP contribution in [0, 0.1) is 0 Å². The number of hydrogen-bond donors (Lipinski definition) is 1. The Morgan fingerprint density at radius 2 is 2.31 bits per heavy atom. The second-order valence-corrected chi connectivity index (χ2v) is 4.50. The molecule has 1 N–H and O–H groups in total. The van der Waals surface area contributed by atoms with E-state index in [0.717, 1.165) is 6.42 Å². The van der Waals surface area contributed by atoms with E-state index >= 15 is 0 Å². The van der Waals surface area contributed by atoms with Crippen LogP contribution in [0.4, 0.5) is 0 Å². The van der Waals surface area contributed by atoms with Gasteiger partial charge in [-0.25, -0.2) is 0 Å². The third-order valence-electron chi connectivity index (χ3n) is 2.32. The summed E-state index contributed by atoms with van der Waals surface area (Å²) in [4.78, 5) is 10.9. The summed E-state index contributed by atoms with van der Waals surface area (Å²) in [6, 6.07) is 0. The maximum absolute atomic E-state index is 10.9. The van der Waals surface area contributed by atoms with Gasteiger partial charge in [0.25, 0.3) is 0 Å². The van der Waals surface area contributed by atoms with Crippen molar-refractivity contribution >= 4 is 5.91 Å². The van der Waals surface area contributed by atoms with E-state index in [9.17, 15) is 4.79 Å². The average molecular weight is 181 g/mol. The standard InChI is InChI=1S/C11H19NO/c1-9(13)12-11(2,3)8-10-6-4-5-7-10/h6H,4-5,7-8H2,1-3H3,(H,12,13). The summed E-state index contributed by atoms with van der Waals surface area (Å²) < 4.78 is 0. The molecule has 0 fully saturated rings. The number of allylic oxidation sites excluding steroid dienone is 1. The zero-order valence-electron chi connectivity index (χ0n) is 8.81. The monoisotopic (exact) mass is 181 g/mol. The minimum absolute atomic E-state index is 0.0589. The molecule has 13 heavy (non-hydrogen) atoms. The van der Waals surface area contributed by atoms with Crippen LogP contribution in [-0.2, 0) is 4.79 Å². The van der Waals surface area contributed by atoms with Gasteiger partial charge in [0.15, 0.2) is 0 Å². The van der Waals surface area contributed by atoms with Crippen molar-refractivity contribution in [2.45, 2.75) is 52.0 Å². The van der Waals surface area contributed by atoms with Crippen LogP contribution in [0.5, 0.6) is 0 Å². The highest BCUT2D eigenvalue weighted by atomic mass is 16.1. The Bertz CT molecular complexity index is 228. The highest BCUT2D eigenvalue weighted by Gasteiger charge is 2.21. The lowest BCUT2D eigenvalue weighted by atomic mass is 9.94. The number of nitrogens with one attached hydrogen (secondary N) is 1. The molecule has 0 spiro atoms. The molecule has 1 amide bonds. The molecule has 2 heteroatoms. The van der Waals surface area contributed by atoms with Crippen molar-refractivity contribution in [3.8, 4) is 0 Å². The first-order chi connectivity index (χ1) is 5.99. The van der Waals surface area contributed by atoms with Gasteiger partial charge in [0.05, 0.1) is 0 Å². The van der Waals surface area contributed by atoms with E-state index in [0.29, 0.717) is 0 Å². The second-order valence-electron chi connectivity index (χ2n) is 4.50. The van der Waals surface area contributed by atoms with Crippen molar-refractivity contribution in [3.63, 3.8) is 0 Å². The van der Waals surface area contributed by atoms with Gasteiger partial charge in [0.2, 0.25) is 5.91 Å². The van der Waals surface area contributed by atoms with E-state index < -0.39 is 0 Å². The maximum atomic E-state index is 10.9. The fourth-order valence-electron chi connectivity index (χ4n) is 1.99. The van der Waals surface area contributed by atoms with Gasteiger partial charge in [0, 0.05) is 12.5 Å². The molecule has 2 nitrogen and oxygen atoms in total. The Labute approximate surface area is 80.4 Å². The van der Waals surface area contributed by atoms with E-state index in [2.05, 4.69) is 25.2 Å². The van der Waals surface area contributed by atoms with Crippen LogP contribution < -0.4 is 5.32 Å². The molecular weight excluding hydrogens is 162 g/mol. The van der Waals surface area contributed by atoms with Crippen LogP contribution in [0.25, 0.3) is 0 Å². The molecule has 1 aliphatic rings. The molecule has 74 valence electrons. The second kappa shape index (κ2) is 3.95. The largest absolute Gasteiger partial charge is 0.351 e. The third-order valence-corrected chi connectivity index (χ3v) is 2.32. The molecule has 0 atom stereocenters. The number of carbonyl (C=O) groups is 1. The highest BCUT2D eigenvalue weighted by Crippen LogP contribution is 2.25. The first-order valence-corrected chi connectivity index (χ1v) is 4.96. The van der Waals surface area contributed by atoms with Crippen molar-refractivity contribution in [1.29, 1.82) is 0 Å². The molecule has 0 unspecified atom stereocenters. The lowest BCUT2D eigenvalue weighted by Gasteiger charge is -2.26. The van der Waals surface area contributed by atoms with E-state index in [4.69, 9.17) is 0 Å². The molecule has 0 saturated heterocycles.